The van der Waals surface area contributed by atoms with Crippen LogP contribution < -0.4 is 0 Å². The minimum Gasteiger partial charge on any atom is -0.350 e. The third-order valence-corrected chi connectivity index (χ3v) is 3.44. The van der Waals surface area contributed by atoms with Gasteiger partial charge in [0.1, 0.15) is 0 Å². The van der Waals surface area contributed by atoms with E-state index in [0.717, 1.165) is 10.9 Å². The number of fused-ring (bicyclic) bond motifs is 1. The van der Waals surface area contributed by atoms with Crippen LogP contribution in [0.2, 0.25) is 0 Å². The first-order valence-electron chi connectivity index (χ1n) is 6.86. The van der Waals surface area contributed by atoms with Crippen molar-refractivity contribution in [3.8, 4) is 11.8 Å². The van der Waals surface area contributed by atoms with Crippen LogP contribution in [0, 0.1) is 11.8 Å². The molecule has 0 saturated heterocycles. The summed E-state index contributed by atoms with van der Waals surface area (Å²) in [6.45, 7) is 0. The highest BCUT2D eigenvalue weighted by molar-refractivity contribution is 6.51. The minimum atomic E-state index is -0.694. The fraction of sp³-hybridized carbons (Fsp3) is 0.0526. The molecule has 0 aliphatic carbocycles. The van der Waals surface area contributed by atoms with Crippen LogP contribution in [0.25, 0.3) is 10.9 Å². The maximum Gasteiger partial charge on any atom is 0.276 e. The molecule has 0 N–H and O–H groups in total. The molecule has 0 unspecified atom stereocenters. The van der Waals surface area contributed by atoms with Gasteiger partial charge >= 0.3 is 0 Å². The van der Waals surface area contributed by atoms with Crippen molar-refractivity contribution in [2.24, 2.45) is 7.05 Å². The second-order valence-corrected chi connectivity index (χ2v) is 4.95. The average Bonchev–Trinajstić information content (AvgIpc) is 2.90. The number of benzene rings is 2. The van der Waals surface area contributed by atoms with Crippen LogP contribution in [0.1, 0.15) is 15.9 Å². The first-order valence-corrected chi connectivity index (χ1v) is 6.86. The molecule has 0 aliphatic heterocycles. The SMILES string of the molecule is Cn1cc(C(=O)C(=O)C#Cc2ccccc2)c2ccccc21. The van der Waals surface area contributed by atoms with Crippen molar-refractivity contribution in [2.45, 2.75) is 0 Å². The van der Waals surface area contributed by atoms with E-state index in [1.807, 2.05) is 54.1 Å². The molecule has 0 aliphatic rings. The average molecular weight is 287 g/mol. The number of rotatable bonds is 2. The van der Waals surface area contributed by atoms with Crippen molar-refractivity contribution >= 4 is 22.5 Å². The summed E-state index contributed by atoms with van der Waals surface area (Å²) >= 11 is 0. The van der Waals surface area contributed by atoms with Gasteiger partial charge in [0.2, 0.25) is 5.78 Å². The quantitative estimate of drug-likeness (QED) is 0.413. The lowest BCUT2D eigenvalue weighted by molar-refractivity contribution is -0.110. The number of nitrogens with zero attached hydrogens (tertiary/aromatic N) is 1. The van der Waals surface area contributed by atoms with E-state index < -0.39 is 11.6 Å². The first-order chi connectivity index (χ1) is 10.7. The summed E-state index contributed by atoms with van der Waals surface area (Å²) in [6, 6.07) is 16.6. The summed E-state index contributed by atoms with van der Waals surface area (Å²) < 4.78 is 1.83. The maximum atomic E-state index is 12.3. The van der Waals surface area contributed by atoms with Gasteiger partial charge in [-0.2, -0.15) is 0 Å². The molecule has 3 nitrogen and oxygen atoms in total. The predicted octanol–water partition coefficient (Wildman–Crippen LogP) is 2.98. The van der Waals surface area contributed by atoms with E-state index in [1.165, 1.54) is 0 Å². The van der Waals surface area contributed by atoms with Crippen molar-refractivity contribution in [2.75, 3.05) is 0 Å². The van der Waals surface area contributed by atoms with E-state index >= 15 is 0 Å². The topological polar surface area (TPSA) is 39.1 Å². The number of carbonyl (C=O) groups excluding carboxylic acids is 2. The summed E-state index contributed by atoms with van der Waals surface area (Å²) in [7, 11) is 1.85. The van der Waals surface area contributed by atoms with Gasteiger partial charge in [0, 0.05) is 29.7 Å². The van der Waals surface area contributed by atoms with Crippen LogP contribution in [0.3, 0.4) is 0 Å². The van der Waals surface area contributed by atoms with Gasteiger partial charge in [-0.05, 0) is 24.1 Å². The second-order valence-electron chi connectivity index (χ2n) is 4.95. The number of Topliss-reactive ketones (excluding diaryl/α,β-unsaturated/α-hetero) is 2. The van der Waals surface area contributed by atoms with Crippen molar-refractivity contribution in [3.63, 3.8) is 0 Å². The lowest BCUT2D eigenvalue weighted by Crippen LogP contribution is -2.11. The van der Waals surface area contributed by atoms with Gasteiger partial charge in [0.15, 0.2) is 0 Å². The monoisotopic (exact) mass is 287 g/mol. The fourth-order valence-corrected chi connectivity index (χ4v) is 2.35. The third-order valence-electron chi connectivity index (χ3n) is 3.44. The first kappa shape index (κ1) is 13.8. The Labute approximate surface area is 128 Å². The van der Waals surface area contributed by atoms with E-state index in [0.29, 0.717) is 11.1 Å². The summed E-state index contributed by atoms with van der Waals surface area (Å²) in [5.41, 5.74) is 2.02. The minimum absolute atomic E-state index is 0.394. The summed E-state index contributed by atoms with van der Waals surface area (Å²) in [5, 5.41) is 0.768. The Balaban J connectivity index is 1.93. The van der Waals surface area contributed by atoms with E-state index in [1.54, 1.807) is 18.3 Å². The Bertz CT molecular complexity index is 924. The third kappa shape index (κ3) is 2.55. The van der Waals surface area contributed by atoms with Crippen LogP contribution in [-0.2, 0) is 11.8 Å². The largest absolute Gasteiger partial charge is 0.350 e. The number of carbonyl (C=O) groups is 2. The molecule has 3 rings (SSSR count). The van der Waals surface area contributed by atoms with Gasteiger partial charge in [0.25, 0.3) is 5.78 Å². The Morgan fingerprint density at radius 2 is 1.64 bits per heavy atom. The van der Waals surface area contributed by atoms with Crippen molar-refractivity contribution in [1.29, 1.82) is 0 Å². The lowest BCUT2D eigenvalue weighted by Gasteiger charge is -1.94. The summed E-state index contributed by atoms with van der Waals surface area (Å²) in [6.07, 6.45) is 1.68. The van der Waals surface area contributed by atoms with Crippen LogP contribution >= 0.6 is 0 Å². The van der Waals surface area contributed by atoms with E-state index in [-0.39, 0.29) is 0 Å². The predicted molar refractivity (Wildman–Crippen MR) is 85.6 cm³/mol. The zero-order valence-corrected chi connectivity index (χ0v) is 12.0. The van der Waals surface area contributed by atoms with Gasteiger partial charge in [0.05, 0.1) is 5.56 Å². The van der Waals surface area contributed by atoms with Crippen molar-refractivity contribution in [1.82, 2.24) is 4.57 Å². The highest BCUT2D eigenvalue weighted by atomic mass is 16.2. The Hall–Kier alpha value is -3.12. The van der Waals surface area contributed by atoms with Gasteiger partial charge in [-0.1, -0.05) is 42.3 Å². The zero-order chi connectivity index (χ0) is 15.5. The molecule has 3 heteroatoms. The normalized spacial score (nSPS) is 10.0. The molecule has 0 radical (unpaired) electrons. The van der Waals surface area contributed by atoms with Crippen molar-refractivity contribution < 1.29 is 9.59 Å². The van der Waals surface area contributed by atoms with Gasteiger partial charge in [-0.15, -0.1) is 0 Å². The standard InChI is InChI=1S/C19H13NO2/c1-20-13-16(15-9-5-6-10-17(15)20)19(22)18(21)12-11-14-7-3-2-4-8-14/h2-10,13H,1H3. The van der Waals surface area contributed by atoms with Gasteiger partial charge in [-0.3, -0.25) is 9.59 Å². The second kappa shape index (κ2) is 5.71. The maximum absolute atomic E-state index is 12.3. The molecule has 22 heavy (non-hydrogen) atoms. The molecule has 2 aromatic carbocycles. The molecular weight excluding hydrogens is 274 g/mol. The zero-order valence-electron chi connectivity index (χ0n) is 12.0. The molecule has 106 valence electrons. The van der Waals surface area contributed by atoms with E-state index in [9.17, 15) is 9.59 Å². The van der Waals surface area contributed by atoms with E-state index in [4.69, 9.17) is 0 Å². The van der Waals surface area contributed by atoms with E-state index in [2.05, 4.69) is 11.8 Å². The highest BCUT2D eigenvalue weighted by Gasteiger charge is 2.19. The number of aromatic nitrogens is 1. The number of ketones is 2. The fourth-order valence-electron chi connectivity index (χ4n) is 2.35. The number of aryl methyl sites for hydroxylation is 1. The summed E-state index contributed by atoms with van der Waals surface area (Å²) in [4.78, 5) is 24.4. The van der Waals surface area contributed by atoms with Crippen LogP contribution in [0.15, 0.2) is 60.8 Å². The molecular formula is C19H13NO2. The molecule has 3 aromatic rings. The van der Waals surface area contributed by atoms with Gasteiger partial charge < -0.3 is 4.57 Å². The van der Waals surface area contributed by atoms with Crippen LogP contribution in [-0.4, -0.2) is 16.1 Å². The smallest absolute Gasteiger partial charge is 0.276 e. The number of hydrogen-bond donors (Lipinski definition) is 0. The molecule has 0 saturated carbocycles. The van der Waals surface area contributed by atoms with Crippen molar-refractivity contribution in [3.05, 3.63) is 71.9 Å². The molecule has 0 fully saturated rings. The van der Waals surface area contributed by atoms with Crippen LogP contribution in [0.4, 0.5) is 0 Å². The molecule has 0 spiro atoms. The number of para-hydroxylation sites is 1. The highest BCUT2D eigenvalue weighted by Crippen LogP contribution is 2.20. The molecule has 0 amide bonds. The Morgan fingerprint density at radius 3 is 2.41 bits per heavy atom. The molecule has 0 atom stereocenters. The summed E-state index contributed by atoms with van der Waals surface area (Å²) in [5.74, 6) is 3.88. The van der Waals surface area contributed by atoms with Gasteiger partial charge in [-0.25, -0.2) is 0 Å². The molecule has 0 bridgehead atoms. The number of hydrogen-bond acceptors (Lipinski definition) is 2. The molecule has 1 aromatic heterocycles. The van der Waals surface area contributed by atoms with Crippen LogP contribution in [0.5, 0.6) is 0 Å². The lowest BCUT2D eigenvalue weighted by atomic mass is 10.1. The Kier molecular flexibility index (Phi) is 3.59. The Morgan fingerprint density at radius 1 is 0.955 bits per heavy atom. The molecule has 1 heterocycles.